The minimum atomic E-state index is -3.84. The second-order valence-corrected chi connectivity index (χ2v) is 11.5. The van der Waals surface area contributed by atoms with Gasteiger partial charge in [-0.1, -0.05) is 0 Å². The minimum absolute atomic E-state index is 0.0713. The van der Waals surface area contributed by atoms with E-state index in [9.17, 15) is 16.8 Å². The number of nitrogens with zero attached hydrogens (tertiary/aromatic N) is 2. The van der Waals surface area contributed by atoms with Crippen LogP contribution >= 0.6 is 0 Å². The molecule has 0 amide bonds. The molecule has 2 heterocycles. The van der Waals surface area contributed by atoms with Crippen LogP contribution in [0.2, 0.25) is 0 Å². The van der Waals surface area contributed by atoms with Crippen LogP contribution in [-0.2, 0) is 20.0 Å². The van der Waals surface area contributed by atoms with E-state index in [2.05, 4.69) is 0 Å². The van der Waals surface area contributed by atoms with Crippen LogP contribution < -0.4 is 18.9 Å². The molecule has 2 atom stereocenters. The summed E-state index contributed by atoms with van der Waals surface area (Å²) < 4.78 is 76.8. The van der Waals surface area contributed by atoms with Crippen molar-refractivity contribution in [3.8, 4) is 23.0 Å². The van der Waals surface area contributed by atoms with Crippen molar-refractivity contribution in [1.82, 2.24) is 8.61 Å². The number of hydrogen-bond donors (Lipinski definition) is 0. The summed E-state index contributed by atoms with van der Waals surface area (Å²) in [7, 11) is -1.87. The molecule has 2 fully saturated rings. The average Bonchev–Trinajstić information content (AvgIpc) is 3.45. The summed E-state index contributed by atoms with van der Waals surface area (Å²) >= 11 is 0. The first-order valence-corrected chi connectivity index (χ1v) is 13.0. The van der Waals surface area contributed by atoms with E-state index in [0.717, 1.165) is 0 Å². The van der Waals surface area contributed by atoms with Crippen molar-refractivity contribution >= 4 is 20.0 Å². The standard InChI is InChI=1S/C21H26N2O8S2/c1-28-18-7-5-16(10-20(18)30-3)32(24,25)22-12-15-9-14(22)13-23(15)33(26,27)17-6-8-19(29-2)21(11-17)31-4/h5-8,10-11,14-15H,9,12-13H2,1-4H3/t14-,15-/m0/s1. The zero-order valence-electron chi connectivity index (χ0n) is 18.7. The molecule has 33 heavy (non-hydrogen) atoms. The molecule has 4 rings (SSSR count). The molecule has 0 saturated carbocycles. The van der Waals surface area contributed by atoms with Crippen molar-refractivity contribution in [2.75, 3.05) is 41.5 Å². The fraction of sp³-hybridized carbons (Fsp3) is 0.429. The van der Waals surface area contributed by atoms with Gasteiger partial charge in [-0.2, -0.15) is 8.61 Å². The van der Waals surface area contributed by atoms with Crippen molar-refractivity contribution in [3.05, 3.63) is 36.4 Å². The Morgan fingerprint density at radius 3 is 1.30 bits per heavy atom. The summed E-state index contributed by atoms with van der Waals surface area (Å²) in [4.78, 5) is 0.143. The Balaban J connectivity index is 1.58. The first-order valence-electron chi connectivity index (χ1n) is 10.1. The molecule has 0 aliphatic carbocycles. The summed E-state index contributed by atoms with van der Waals surface area (Å²) in [5.74, 6) is 1.46. The van der Waals surface area contributed by atoms with E-state index in [1.54, 1.807) is 0 Å². The maximum atomic E-state index is 13.3. The quantitative estimate of drug-likeness (QED) is 0.539. The molecule has 0 spiro atoms. The van der Waals surface area contributed by atoms with Gasteiger partial charge in [-0.3, -0.25) is 0 Å². The highest BCUT2D eigenvalue weighted by Gasteiger charge is 2.52. The zero-order chi connectivity index (χ0) is 24.0. The molecule has 0 radical (unpaired) electrons. The second kappa shape index (κ2) is 8.67. The monoisotopic (exact) mass is 498 g/mol. The highest BCUT2D eigenvalue weighted by Crippen LogP contribution is 2.40. The Bertz CT molecular complexity index is 1170. The largest absolute Gasteiger partial charge is 0.493 e. The third-order valence-electron chi connectivity index (χ3n) is 6.06. The van der Waals surface area contributed by atoms with Gasteiger partial charge >= 0.3 is 0 Å². The highest BCUT2D eigenvalue weighted by atomic mass is 32.2. The Morgan fingerprint density at radius 1 is 0.636 bits per heavy atom. The topological polar surface area (TPSA) is 112 Å². The van der Waals surface area contributed by atoms with Gasteiger partial charge in [0.2, 0.25) is 20.0 Å². The first-order chi connectivity index (χ1) is 15.7. The minimum Gasteiger partial charge on any atom is -0.493 e. The van der Waals surface area contributed by atoms with Crippen molar-refractivity contribution in [2.24, 2.45) is 0 Å². The number of methoxy groups -OCH3 is 4. The SMILES string of the molecule is COc1ccc(S(=O)(=O)N2C[C@@H]3C[C@H]2CN3S(=O)(=O)c2ccc(OC)c(OC)c2)cc1OC. The Hall–Kier alpha value is -2.54. The van der Waals surface area contributed by atoms with Crippen LogP contribution in [0.3, 0.4) is 0 Å². The molecule has 2 bridgehead atoms. The highest BCUT2D eigenvalue weighted by molar-refractivity contribution is 7.89. The van der Waals surface area contributed by atoms with Crippen LogP contribution in [0, 0.1) is 0 Å². The molecule has 0 aromatic heterocycles. The molecular weight excluding hydrogens is 472 g/mol. The van der Waals surface area contributed by atoms with Crippen LogP contribution in [0.1, 0.15) is 6.42 Å². The lowest BCUT2D eigenvalue weighted by molar-refractivity contribution is 0.268. The van der Waals surface area contributed by atoms with Crippen molar-refractivity contribution < 1.29 is 35.8 Å². The summed E-state index contributed by atoms with van der Waals surface area (Å²) in [5, 5.41) is 0. The number of hydrogen-bond acceptors (Lipinski definition) is 8. The smallest absolute Gasteiger partial charge is 0.243 e. The number of ether oxygens (including phenoxy) is 4. The van der Waals surface area contributed by atoms with Gasteiger partial charge < -0.3 is 18.9 Å². The molecule has 2 aliphatic rings. The average molecular weight is 499 g/mol. The fourth-order valence-electron chi connectivity index (χ4n) is 4.41. The summed E-state index contributed by atoms with van der Waals surface area (Å²) in [6.45, 7) is 0.154. The van der Waals surface area contributed by atoms with Crippen LogP contribution in [0.5, 0.6) is 23.0 Å². The van der Waals surface area contributed by atoms with Gasteiger partial charge in [-0.25, -0.2) is 16.8 Å². The number of benzene rings is 2. The van der Waals surface area contributed by atoms with Gasteiger partial charge in [0, 0.05) is 37.3 Å². The number of sulfonamides is 2. The predicted molar refractivity (Wildman–Crippen MR) is 119 cm³/mol. The Kier molecular flexibility index (Phi) is 6.20. The van der Waals surface area contributed by atoms with E-state index in [4.69, 9.17) is 18.9 Å². The number of fused-ring (bicyclic) bond motifs is 2. The van der Waals surface area contributed by atoms with E-state index >= 15 is 0 Å². The van der Waals surface area contributed by atoms with Crippen LogP contribution in [0.4, 0.5) is 0 Å². The maximum absolute atomic E-state index is 13.3. The number of piperazine rings is 1. The molecule has 0 unspecified atom stereocenters. The third-order valence-corrected chi connectivity index (χ3v) is 9.89. The van der Waals surface area contributed by atoms with E-state index in [1.165, 1.54) is 73.4 Å². The van der Waals surface area contributed by atoms with E-state index in [-0.39, 0.29) is 22.9 Å². The predicted octanol–water partition coefficient (Wildman–Crippen LogP) is 1.56. The van der Waals surface area contributed by atoms with E-state index in [0.29, 0.717) is 29.4 Å². The third kappa shape index (κ3) is 3.90. The summed E-state index contributed by atoms with van der Waals surface area (Å²) in [6, 6.07) is 7.91. The Labute approximate surface area is 193 Å². The number of rotatable bonds is 8. The molecule has 2 aromatic carbocycles. The normalized spacial score (nSPS) is 21.2. The van der Waals surface area contributed by atoms with Crippen LogP contribution in [0.15, 0.2) is 46.2 Å². The lowest BCUT2D eigenvalue weighted by Gasteiger charge is -2.33. The lowest BCUT2D eigenvalue weighted by Crippen LogP contribution is -2.50. The van der Waals surface area contributed by atoms with Gasteiger partial charge in [-0.05, 0) is 30.7 Å². The van der Waals surface area contributed by atoms with Gasteiger partial charge in [0.15, 0.2) is 23.0 Å². The van der Waals surface area contributed by atoms with E-state index in [1.807, 2.05) is 0 Å². The van der Waals surface area contributed by atoms with Gasteiger partial charge in [0.1, 0.15) is 0 Å². The van der Waals surface area contributed by atoms with Crippen molar-refractivity contribution in [1.29, 1.82) is 0 Å². The molecule has 180 valence electrons. The zero-order valence-corrected chi connectivity index (χ0v) is 20.4. The molecule has 2 saturated heterocycles. The van der Waals surface area contributed by atoms with Gasteiger partial charge in [0.25, 0.3) is 0 Å². The summed E-state index contributed by atoms with van der Waals surface area (Å²) in [6.07, 6.45) is 0.430. The lowest BCUT2D eigenvalue weighted by atomic mass is 10.2. The summed E-state index contributed by atoms with van der Waals surface area (Å²) in [5.41, 5.74) is 0. The van der Waals surface area contributed by atoms with Gasteiger partial charge in [-0.15, -0.1) is 0 Å². The second-order valence-electron chi connectivity index (χ2n) is 7.73. The van der Waals surface area contributed by atoms with Gasteiger partial charge in [0.05, 0.1) is 38.2 Å². The van der Waals surface area contributed by atoms with Crippen molar-refractivity contribution in [3.63, 3.8) is 0 Å². The molecule has 12 heteroatoms. The molecule has 2 aromatic rings. The molecular formula is C21H26N2O8S2. The Morgan fingerprint density at radius 2 is 1.00 bits per heavy atom. The van der Waals surface area contributed by atoms with Crippen LogP contribution in [-0.4, -0.2) is 79.1 Å². The fourth-order valence-corrected chi connectivity index (χ4v) is 7.77. The van der Waals surface area contributed by atoms with Crippen LogP contribution in [0.25, 0.3) is 0 Å². The first kappa shape index (κ1) is 23.6. The maximum Gasteiger partial charge on any atom is 0.243 e. The van der Waals surface area contributed by atoms with Crippen molar-refractivity contribution in [2.45, 2.75) is 28.3 Å². The molecule has 10 nitrogen and oxygen atoms in total. The molecule has 2 aliphatic heterocycles. The van der Waals surface area contributed by atoms with E-state index < -0.39 is 32.1 Å². The molecule has 0 N–H and O–H groups in total.